The molecule has 1 unspecified atom stereocenters. The Balaban J connectivity index is 1.79. The Morgan fingerprint density at radius 3 is 3.14 bits per heavy atom. The zero-order valence-corrected chi connectivity index (χ0v) is 12.1. The van der Waals surface area contributed by atoms with Crippen molar-refractivity contribution in [2.24, 2.45) is 0 Å². The second-order valence-corrected chi connectivity index (χ2v) is 6.02. The highest BCUT2D eigenvalue weighted by Gasteiger charge is 2.29. The number of ether oxygens (including phenoxy) is 1. The van der Waals surface area contributed by atoms with Gasteiger partial charge in [0, 0.05) is 0 Å². The standard InChI is InChI=1S/C10H14N5O6P/c11-10-13-8-7(9(16)14-10)12-4-15(8)6-2-1-5(21-6)3-20-22(17,18)19/h4-6H,1-3H2,(H2,17,18,19)(H3,11,13,14,16)/p-1/t5-,6+/m0/s1. The topological polar surface area (TPSA) is 168 Å². The lowest BCUT2D eigenvalue weighted by Crippen LogP contribution is -2.18. The van der Waals surface area contributed by atoms with E-state index in [1.54, 1.807) is 4.57 Å². The number of nitrogens with zero attached hydrogens (tertiary/aromatic N) is 3. The second-order valence-electron chi connectivity index (χ2n) is 4.83. The SMILES string of the molecule is Nc1nc2c(ncn2[C@H]2CC[C@@H](COP(=O)([O-])O)O2)c(=O)[nH]1. The molecule has 3 atom stereocenters. The predicted molar refractivity (Wildman–Crippen MR) is 71.5 cm³/mol. The van der Waals surface area contributed by atoms with Gasteiger partial charge in [-0.2, -0.15) is 4.98 Å². The summed E-state index contributed by atoms with van der Waals surface area (Å²) in [4.78, 5) is 41.2. The van der Waals surface area contributed by atoms with Gasteiger partial charge in [0.1, 0.15) is 6.23 Å². The van der Waals surface area contributed by atoms with E-state index >= 15 is 0 Å². The summed E-state index contributed by atoms with van der Waals surface area (Å²) in [6.07, 6.45) is 1.49. The van der Waals surface area contributed by atoms with E-state index in [1.165, 1.54) is 6.33 Å². The van der Waals surface area contributed by atoms with Gasteiger partial charge in [-0.05, 0) is 12.8 Å². The highest BCUT2D eigenvalue weighted by Crippen LogP contribution is 2.35. The number of rotatable bonds is 4. The van der Waals surface area contributed by atoms with Crippen LogP contribution in [0, 0.1) is 0 Å². The van der Waals surface area contributed by atoms with Gasteiger partial charge in [0.2, 0.25) is 5.95 Å². The fourth-order valence-electron chi connectivity index (χ4n) is 2.35. The van der Waals surface area contributed by atoms with E-state index in [0.717, 1.165) is 0 Å². The smallest absolute Gasteiger partial charge is 0.280 e. The van der Waals surface area contributed by atoms with Gasteiger partial charge >= 0.3 is 0 Å². The molecule has 0 spiro atoms. The zero-order valence-electron chi connectivity index (χ0n) is 11.2. The van der Waals surface area contributed by atoms with Crippen LogP contribution in [0.5, 0.6) is 0 Å². The molecule has 0 bridgehead atoms. The predicted octanol–water partition coefficient (Wildman–Crippen LogP) is -1.14. The van der Waals surface area contributed by atoms with Crippen LogP contribution in [0.4, 0.5) is 5.95 Å². The third-order valence-corrected chi connectivity index (χ3v) is 3.74. The van der Waals surface area contributed by atoms with Crippen molar-refractivity contribution in [3.8, 4) is 0 Å². The van der Waals surface area contributed by atoms with Gasteiger partial charge in [0.15, 0.2) is 11.2 Å². The molecule has 0 radical (unpaired) electrons. The van der Waals surface area contributed by atoms with Crippen LogP contribution in [0.15, 0.2) is 11.1 Å². The van der Waals surface area contributed by atoms with Gasteiger partial charge in [-0.15, -0.1) is 0 Å². The molecular weight excluding hydrogens is 317 g/mol. The number of hydrogen-bond donors (Lipinski definition) is 3. The number of aromatic amines is 1. The molecule has 3 rings (SSSR count). The van der Waals surface area contributed by atoms with Crippen molar-refractivity contribution >= 4 is 24.9 Å². The fourth-order valence-corrected chi connectivity index (χ4v) is 2.70. The molecule has 3 heterocycles. The normalized spacial score (nSPS) is 24.6. The van der Waals surface area contributed by atoms with Gasteiger partial charge in [0.25, 0.3) is 13.4 Å². The Morgan fingerprint density at radius 2 is 2.41 bits per heavy atom. The maximum absolute atomic E-state index is 11.7. The van der Waals surface area contributed by atoms with Crippen molar-refractivity contribution in [1.82, 2.24) is 19.5 Å². The van der Waals surface area contributed by atoms with Crippen molar-refractivity contribution < 1.29 is 23.6 Å². The number of nitrogens with one attached hydrogen (secondary N) is 1. The van der Waals surface area contributed by atoms with Crippen LogP contribution < -0.4 is 16.2 Å². The van der Waals surface area contributed by atoms with Crippen molar-refractivity contribution in [1.29, 1.82) is 0 Å². The van der Waals surface area contributed by atoms with Crippen LogP contribution in [-0.4, -0.2) is 37.1 Å². The van der Waals surface area contributed by atoms with Crippen molar-refractivity contribution in [2.75, 3.05) is 12.3 Å². The summed E-state index contributed by atoms with van der Waals surface area (Å²) in [5.74, 6) is -0.0373. The lowest BCUT2D eigenvalue weighted by Gasteiger charge is -2.19. The first kappa shape index (κ1) is 15.1. The second kappa shape index (κ2) is 5.45. The minimum Gasteiger partial charge on any atom is -0.756 e. The van der Waals surface area contributed by atoms with E-state index in [4.69, 9.17) is 15.4 Å². The number of hydrogen-bond acceptors (Lipinski definition) is 8. The molecule has 22 heavy (non-hydrogen) atoms. The number of imidazole rings is 1. The molecule has 2 aromatic heterocycles. The number of nitrogen functional groups attached to an aromatic ring is 1. The van der Waals surface area contributed by atoms with Crippen molar-refractivity contribution in [2.45, 2.75) is 25.2 Å². The third-order valence-electron chi connectivity index (χ3n) is 3.27. The minimum absolute atomic E-state index is 0.0373. The Labute approximate surface area is 123 Å². The van der Waals surface area contributed by atoms with Crippen LogP contribution >= 0.6 is 7.82 Å². The molecule has 11 nitrogen and oxygen atoms in total. The molecular formula is C10H13N5O6P-. The van der Waals surface area contributed by atoms with Crippen LogP contribution in [0.1, 0.15) is 19.1 Å². The van der Waals surface area contributed by atoms with Gasteiger partial charge in [-0.3, -0.25) is 18.9 Å². The van der Waals surface area contributed by atoms with Crippen LogP contribution in [0.3, 0.4) is 0 Å². The quantitative estimate of drug-likeness (QED) is 0.586. The van der Waals surface area contributed by atoms with Gasteiger partial charge < -0.3 is 24.8 Å². The molecule has 1 aliphatic rings. The fraction of sp³-hybridized carbons (Fsp3) is 0.500. The molecule has 0 aromatic carbocycles. The molecule has 12 heteroatoms. The summed E-state index contributed by atoms with van der Waals surface area (Å²) in [6, 6.07) is 0. The number of nitrogens with two attached hydrogens (primary N) is 1. The Hall–Kier alpha value is -1.78. The minimum atomic E-state index is -4.77. The number of anilines is 1. The van der Waals surface area contributed by atoms with Crippen molar-refractivity contribution in [3.63, 3.8) is 0 Å². The number of aromatic nitrogens is 4. The maximum Gasteiger partial charge on any atom is 0.280 e. The van der Waals surface area contributed by atoms with Gasteiger partial charge in [0.05, 0.1) is 19.0 Å². The summed E-state index contributed by atoms with van der Waals surface area (Å²) in [7, 11) is -4.77. The summed E-state index contributed by atoms with van der Waals surface area (Å²) in [6.45, 7) is -0.281. The van der Waals surface area contributed by atoms with E-state index in [1.807, 2.05) is 0 Å². The average Bonchev–Trinajstić information content (AvgIpc) is 3.01. The molecule has 0 aliphatic carbocycles. The first-order chi connectivity index (χ1) is 10.3. The number of H-pyrrole nitrogens is 1. The number of fused-ring (bicyclic) bond motifs is 1. The first-order valence-electron chi connectivity index (χ1n) is 6.39. The van der Waals surface area contributed by atoms with E-state index in [0.29, 0.717) is 12.8 Å². The van der Waals surface area contributed by atoms with Crippen LogP contribution in [-0.2, 0) is 13.8 Å². The van der Waals surface area contributed by atoms with E-state index in [9.17, 15) is 14.3 Å². The van der Waals surface area contributed by atoms with E-state index < -0.39 is 25.7 Å². The molecule has 1 fully saturated rings. The Kier molecular flexibility index (Phi) is 3.75. The van der Waals surface area contributed by atoms with Gasteiger partial charge in [-0.25, -0.2) is 4.98 Å². The maximum atomic E-state index is 11.7. The summed E-state index contributed by atoms with van der Waals surface area (Å²) in [5.41, 5.74) is 5.48. The molecule has 1 saturated heterocycles. The lowest BCUT2D eigenvalue weighted by molar-refractivity contribution is -0.222. The lowest BCUT2D eigenvalue weighted by atomic mass is 10.2. The Morgan fingerprint density at radius 1 is 1.64 bits per heavy atom. The summed E-state index contributed by atoms with van der Waals surface area (Å²) >= 11 is 0. The molecule has 120 valence electrons. The van der Waals surface area contributed by atoms with Crippen molar-refractivity contribution in [3.05, 3.63) is 16.7 Å². The molecule has 4 N–H and O–H groups in total. The monoisotopic (exact) mass is 330 g/mol. The largest absolute Gasteiger partial charge is 0.756 e. The molecule has 0 amide bonds. The Bertz CT molecular complexity index is 797. The zero-order chi connectivity index (χ0) is 15.9. The van der Waals surface area contributed by atoms with Crippen LogP contribution in [0.2, 0.25) is 0 Å². The van der Waals surface area contributed by atoms with E-state index in [-0.39, 0.29) is 23.7 Å². The van der Waals surface area contributed by atoms with E-state index in [2.05, 4.69) is 19.5 Å². The third kappa shape index (κ3) is 3.03. The van der Waals surface area contributed by atoms with Gasteiger partial charge in [-0.1, -0.05) is 0 Å². The average molecular weight is 330 g/mol. The molecule has 2 aromatic rings. The highest BCUT2D eigenvalue weighted by molar-refractivity contribution is 7.44. The highest BCUT2D eigenvalue weighted by atomic mass is 31.2. The number of phosphoric acid groups is 1. The summed E-state index contributed by atoms with van der Waals surface area (Å²) in [5, 5.41) is 0. The molecule has 1 aliphatic heterocycles. The first-order valence-corrected chi connectivity index (χ1v) is 7.89. The summed E-state index contributed by atoms with van der Waals surface area (Å²) < 4.78 is 22.1. The van der Waals surface area contributed by atoms with Crippen LogP contribution in [0.25, 0.3) is 11.2 Å². The molecule has 0 saturated carbocycles. The number of phosphoric ester groups is 1.